The van der Waals surface area contributed by atoms with Crippen molar-refractivity contribution in [1.82, 2.24) is 5.32 Å². The third-order valence-corrected chi connectivity index (χ3v) is 3.92. The molecule has 19 heavy (non-hydrogen) atoms. The van der Waals surface area contributed by atoms with Crippen molar-refractivity contribution in [2.75, 3.05) is 27.3 Å². The molecule has 3 N–H and O–H groups in total. The molecular formula is C15H24N2O2. The summed E-state index contributed by atoms with van der Waals surface area (Å²) in [4.78, 5) is 0. The minimum absolute atomic E-state index is 0.0599. The van der Waals surface area contributed by atoms with Gasteiger partial charge in [-0.1, -0.05) is 0 Å². The summed E-state index contributed by atoms with van der Waals surface area (Å²) >= 11 is 0. The highest BCUT2D eigenvalue weighted by molar-refractivity contribution is 5.48. The third kappa shape index (κ3) is 3.19. The number of methoxy groups -OCH3 is 2. The average Bonchev–Trinajstić information content (AvgIpc) is 2.90. The summed E-state index contributed by atoms with van der Waals surface area (Å²) in [5.74, 6) is 2.20. The van der Waals surface area contributed by atoms with E-state index >= 15 is 0 Å². The molecule has 0 radical (unpaired) electrons. The smallest absolute Gasteiger partial charge is 0.161 e. The van der Waals surface area contributed by atoms with Gasteiger partial charge in [0.1, 0.15) is 0 Å². The summed E-state index contributed by atoms with van der Waals surface area (Å²) in [7, 11) is 3.31. The normalized spacial score (nSPS) is 20.3. The number of hydrogen-bond acceptors (Lipinski definition) is 4. The SMILES string of the molecule is COc1cc(C)c(C(N)CC2CCNC2)cc1OC. The quantitative estimate of drug-likeness (QED) is 0.854. The van der Waals surface area contributed by atoms with Crippen molar-refractivity contribution in [3.63, 3.8) is 0 Å². The molecule has 1 aromatic carbocycles. The molecule has 0 saturated carbocycles. The second kappa shape index (κ2) is 6.26. The van der Waals surface area contributed by atoms with Gasteiger partial charge in [0.2, 0.25) is 0 Å². The van der Waals surface area contributed by atoms with Gasteiger partial charge < -0.3 is 20.5 Å². The molecule has 2 unspecified atom stereocenters. The Labute approximate surface area is 115 Å². The molecule has 0 spiro atoms. The van der Waals surface area contributed by atoms with Crippen molar-refractivity contribution in [3.8, 4) is 11.5 Å². The van der Waals surface area contributed by atoms with E-state index in [1.165, 1.54) is 6.42 Å². The highest BCUT2D eigenvalue weighted by Gasteiger charge is 2.21. The van der Waals surface area contributed by atoms with Gasteiger partial charge in [-0.3, -0.25) is 0 Å². The summed E-state index contributed by atoms with van der Waals surface area (Å²) in [6, 6.07) is 4.08. The fourth-order valence-electron chi connectivity index (χ4n) is 2.80. The van der Waals surface area contributed by atoms with Gasteiger partial charge in [0.05, 0.1) is 14.2 Å². The number of rotatable bonds is 5. The Hall–Kier alpha value is -1.26. The Bertz CT molecular complexity index is 428. The summed E-state index contributed by atoms with van der Waals surface area (Å²) in [6.07, 6.45) is 2.24. The van der Waals surface area contributed by atoms with Crippen molar-refractivity contribution in [2.45, 2.75) is 25.8 Å². The molecule has 2 rings (SSSR count). The van der Waals surface area contributed by atoms with E-state index in [-0.39, 0.29) is 6.04 Å². The lowest BCUT2D eigenvalue weighted by atomic mass is 9.92. The highest BCUT2D eigenvalue weighted by atomic mass is 16.5. The summed E-state index contributed by atoms with van der Waals surface area (Å²) in [5, 5.41) is 3.38. The molecule has 1 aliphatic heterocycles. The molecule has 0 aromatic heterocycles. The van der Waals surface area contributed by atoms with E-state index in [1.54, 1.807) is 14.2 Å². The van der Waals surface area contributed by atoms with Gasteiger partial charge in [-0.25, -0.2) is 0 Å². The first-order valence-electron chi connectivity index (χ1n) is 6.84. The van der Waals surface area contributed by atoms with Gasteiger partial charge in [0.15, 0.2) is 11.5 Å². The Morgan fingerprint density at radius 2 is 2.00 bits per heavy atom. The monoisotopic (exact) mass is 264 g/mol. The topological polar surface area (TPSA) is 56.5 Å². The molecule has 0 bridgehead atoms. The van der Waals surface area contributed by atoms with E-state index < -0.39 is 0 Å². The van der Waals surface area contributed by atoms with Crippen molar-refractivity contribution in [3.05, 3.63) is 23.3 Å². The first kappa shape index (κ1) is 14.2. The third-order valence-electron chi connectivity index (χ3n) is 3.92. The predicted octanol–water partition coefficient (Wildman–Crippen LogP) is 2.01. The summed E-state index contributed by atoms with van der Waals surface area (Å²) in [6.45, 7) is 4.27. The minimum atomic E-state index is 0.0599. The van der Waals surface area contributed by atoms with E-state index in [0.717, 1.165) is 42.1 Å². The van der Waals surface area contributed by atoms with Crippen LogP contribution < -0.4 is 20.5 Å². The van der Waals surface area contributed by atoms with E-state index in [1.807, 2.05) is 12.1 Å². The molecule has 106 valence electrons. The zero-order valence-electron chi connectivity index (χ0n) is 12.0. The Morgan fingerprint density at radius 1 is 1.32 bits per heavy atom. The number of aryl methyl sites for hydroxylation is 1. The molecule has 1 saturated heterocycles. The van der Waals surface area contributed by atoms with E-state index in [4.69, 9.17) is 15.2 Å². The van der Waals surface area contributed by atoms with Crippen molar-refractivity contribution < 1.29 is 9.47 Å². The van der Waals surface area contributed by atoms with Crippen molar-refractivity contribution in [2.24, 2.45) is 11.7 Å². The van der Waals surface area contributed by atoms with Crippen LogP contribution in [0.25, 0.3) is 0 Å². The Morgan fingerprint density at radius 3 is 2.58 bits per heavy atom. The van der Waals surface area contributed by atoms with Crippen LogP contribution in [0, 0.1) is 12.8 Å². The maximum atomic E-state index is 6.37. The lowest BCUT2D eigenvalue weighted by Crippen LogP contribution is -2.18. The van der Waals surface area contributed by atoms with Crippen LogP contribution in [0.15, 0.2) is 12.1 Å². The largest absolute Gasteiger partial charge is 0.493 e. The van der Waals surface area contributed by atoms with Crippen LogP contribution >= 0.6 is 0 Å². The van der Waals surface area contributed by atoms with Crippen LogP contribution in [0.1, 0.15) is 30.0 Å². The van der Waals surface area contributed by atoms with E-state index in [0.29, 0.717) is 5.92 Å². The summed E-state index contributed by atoms with van der Waals surface area (Å²) in [5.41, 5.74) is 8.69. The van der Waals surface area contributed by atoms with Gasteiger partial charge in [0, 0.05) is 6.04 Å². The molecule has 4 heteroatoms. The number of ether oxygens (including phenoxy) is 2. The van der Waals surface area contributed by atoms with Gasteiger partial charge in [-0.2, -0.15) is 0 Å². The number of benzene rings is 1. The molecule has 1 aliphatic rings. The van der Waals surface area contributed by atoms with Gasteiger partial charge >= 0.3 is 0 Å². The number of nitrogens with two attached hydrogens (primary N) is 1. The molecule has 0 aliphatic carbocycles. The maximum Gasteiger partial charge on any atom is 0.161 e. The summed E-state index contributed by atoms with van der Waals surface area (Å²) < 4.78 is 10.7. The van der Waals surface area contributed by atoms with Gasteiger partial charge in [-0.05, 0) is 62.0 Å². The minimum Gasteiger partial charge on any atom is -0.493 e. The van der Waals surface area contributed by atoms with Crippen LogP contribution in [-0.4, -0.2) is 27.3 Å². The maximum absolute atomic E-state index is 6.37. The standard InChI is InChI=1S/C15H24N2O2/c1-10-6-14(18-2)15(19-3)8-12(10)13(16)7-11-4-5-17-9-11/h6,8,11,13,17H,4-5,7,9,16H2,1-3H3. The zero-order valence-corrected chi connectivity index (χ0v) is 12.0. The highest BCUT2D eigenvalue weighted by Crippen LogP contribution is 2.34. The van der Waals surface area contributed by atoms with Crippen molar-refractivity contribution >= 4 is 0 Å². The van der Waals surface area contributed by atoms with Gasteiger partial charge in [0.25, 0.3) is 0 Å². The van der Waals surface area contributed by atoms with Crippen LogP contribution in [0.2, 0.25) is 0 Å². The lowest BCUT2D eigenvalue weighted by molar-refractivity contribution is 0.353. The fourth-order valence-corrected chi connectivity index (χ4v) is 2.80. The number of nitrogens with one attached hydrogen (secondary N) is 1. The molecule has 2 atom stereocenters. The molecule has 0 amide bonds. The van der Waals surface area contributed by atoms with Crippen LogP contribution in [0.3, 0.4) is 0 Å². The molecule has 4 nitrogen and oxygen atoms in total. The van der Waals surface area contributed by atoms with Crippen LogP contribution in [0.5, 0.6) is 11.5 Å². The van der Waals surface area contributed by atoms with Crippen LogP contribution in [0.4, 0.5) is 0 Å². The Kier molecular flexibility index (Phi) is 4.66. The first-order valence-corrected chi connectivity index (χ1v) is 6.84. The van der Waals surface area contributed by atoms with Gasteiger partial charge in [-0.15, -0.1) is 0 Å². The second-order valence-electron chi connectivity index (χ2n) is 5.26. The molecule has 1 aromatic rings. The van der Waals surface area contributed by atoms with E-state index in [9.17, 15) is 0 Å². The molecule has 1 fully saturated rings. The zero-order chi connectivity index (χ0) is 13.8. The lowest BCUT2D eigenvalue weighted by Gasteiger charge is -2.20. The molecule has 1 heterocycles. The van der Waals surface area contributed by atoms with Crippen molar-refractivity contribution in [1.29, 1.82) is 0 Å². The average molecular weight is 264 g/mol. The van der Waals surface area contributed by atoms with E-state index in [2.05, 4.69) is 12.2 Å². The van der Waals surface area contributed by atoms with Crippen LogP contribution in [-0.2, 0) is 0 Å². The predicted molar refractivity (Wildman–Crippen MR) is 76.8 cm³/mol. The molecular weight excluding hydrogens is 240 g/mol. The number of hydrogen-bond donors (Lipinski definition) is 2. The fraction of sp³-hybridized carbons (Fsp3) is 0.600. The first-order chi connectivity index (χ1) is 9.15. The Balaban J connectivity index is 2.17. The second-order valence-corrected chi connectivity index (χ2v) is 5.26.